The molecule has 0 aliphatic heterocycles. The van der Waals surface area contributed by atoms with E-state index in [0.29, 0.717) is 17.2 Å². The maximum atomic E-state index is 12.5. The van der Waals surface area contributed by atoms with Crippen LogP contribution in [0.15, 0.2) is 17.6 Å². The zero-order valence-electron chi connectivity index (χ0n) is 15.8. The third-order valence-electron chi connectivity index (χ3n) is 6.79. The van der Waals surface area contributed by atoms with Crippen LogP contribution in [0, 0.1) is 16.7 Å². The summed E-state index contributed by atoms with van der Waals surface area (Å²) in [7, 11) is 0. The zero-order valence-corrected chi connectivity index (χ0v) is 16.7. The van der Waals surface area contributed by atoms with E-state index in [1.54, 1.807) is 0 Å². The van der Waals surface area contributed by atoms with Gasteiger partial charge in [0.15, 0.2) is 5.16 Å². The standard InChI is InChI=1S/C19H31N3OS/c1-17(2,3)22-10-9-20-16(22)24-12-15(23)21-14-11-13-7-8-19(14,6)18(13,4)5/h9-10,13-14H,7-8,11-12H2,1-6H3,(H,21,23). The molecule has 0 radical (unpaired) electrons. The van der Waals surface area contributed by atoms with Gasteiger partial charge in [-0.15, -0.1) is 0 Å². The van der Waals surface area contributed by atoms with Crippen molar-refractivity contribution in [2.24, 2.45) is 16.7 Å². The largest absolute Gasteiger partial charge is 0.352 e. The number of hydrogen-bond acceptors (Lipinski definition) is 3. The summed E-state index contributed by atoms with van der Waals surface area (Å²) in [6, 6.07) is 0.321. The number of amides is 1. The number of carbonyl (C=O) groups is 1. The van der Waals surface area contributed by atoms with Gasteiger partial charge in [-0.05, 0) is 56.8 Å². The van der Waals surface area contributed by atoms with Crippen LogP contribution in [0.2, 0.25) is 0 Å². The highest BCUT2D eigenvalue weighted by molar-refractivity contribution is 7.99. The molecule has 1 aromatic heterocycles. The van der Waals surface area contributed by atoms with Crippen LogP contribution < -0.4 is 5.32 Å². The van der Waals surface area contributed by atoms with Gasteiger partial charge in [-0.2, -0.15) is 0 Å². The smallest absolute Gasteiger partial charge is 0.230 e. The third kappa shape index (κ3) is 2.79. The van der Waals surface area contributed by atoms with E-state index in [2.05, 4.69) is 56.4 Å². The van der Waals surface area contributed by atoms with Crippen LogP contribution in [-0.4, -0.2) is 27.3 Å². The van der Waals surface area contributed by atoms with Crippen LogP contribution in [0.25, 0.3) is 0 Å². The summed E-state index contributed by atoms with van der Waals surface area (Å²) in [5, 5.41) is 4.24. The second-order valence-corrected chi connectivity index (χ2v) is 10.2. The van der Waals surface area contributed by atoms with Crippen LogP contribution in [0.1, 0.15) is 60.8 Å². The molecule has 0 saturated heterocycles. The molecule has 2 aliphatic rings. The highest BCUT2D eigenvalue weighted by Crippen LogP contribution is 2.65. The molecule has 5 heteroatoms. The predicted molar refractivity (Wildman–Crippen MR) is 99.1 cm³/mol. The Morgan fingerprint density at radius 1 is 1.42 bits per heavy atom. The maximum Gasteiger partial charge on any atom is 0.230 e. The summed E-state index contributed by atoms with van der Waals surface area (Å²) in [4.78, 5) is 16.9. The van der Waals surface area contributed by atoms with Crippen molar-refractivity contribution in [2.75, 3.05) is 5.75 Å². The van der Waals surface area contributed by atoms with Gasteiger partial charge in [0.1, 0.15) is 0 Å². The van der Waals surface area contributed by atoms with E-state index in [0.717, 1.165) is 17.5 Å². The highest BCUT2D eigenvalue weighted by atomic mass is 32.2. The Hall–Kier alpha value is -0.970. The van der Waals surface area contributed by atoms with Gasteiger partial charge in [-0.1, -0.05) is 32.5 Å². The molecule has 3 unspecified atom stereocenters. The lowest BCUT2D eigenvalue weighted by Gasteiger charge is -2.39. The van der Waals surface area contributed by atoms with Gasteiger partial charge in [0.05, 0.1) is 5.75 Å². The average Bonchev–Trinajstić information content (AvgIpc) is 3.07. The fourth-order valence-electron chi connectivity index (χ4n) is 4.70. The molecule has 2 saturated carbocycles. The summed E-state index contributed by atoms with van der Waals surface area (Å²) in [5.41, 5.74) is 0.555. The molecule has 2 aliphatic carbocycles. The molecule has 1 amide bonds. The number of nitrogens with zero attached hydrogens (tertiary/aromatic N) is 2. The maximum absolute atomic E-state index is 12.5. The molecule has 24 heavy (non-hydrogen) atoms. The minimum atomic E-state index is -0.0165. The highest BCUT2D eigenvalue weighted by Gasteiger charge is 2.61. The van der Waals surface area contributed by atoms with Gasteiger partial charge in [0.2, 0.25) is 5.91 Å². The Bertz CT molecular complexity index is 631. The van der Waals surface area contributed by atoms with Crippen molar-refractivity contribution in [3.8, 4) is 0 Å². The van der Waals surface area contributed by atoms with Crippen LogP contribution in [0.3, 0.4) is 0 Å². The van der Waals surface area contributed by atoms with E-state index in [1.807, 2.05) is 12.4 Å². The Labute approximate surface area is 150 Å². The van der Waals surface area contributed by atoms with Gasteiger partial charge in [0.25, 0.3) is 0 Å². The van der Waals surface area contributed by atoms with Gasteiger partial charge < -0.3 is 9.88 Å². The van der Waals surface area contributed by atoms with Crippen LogP contribution >= 0.6 is 11.8 Å². The number of imidazole rings is 1. The first-order valence-electron chi connectivity index (χ1n) is 9.02. The fraction of sp³-hybridized carbons (Fsp3) is 0.789. The van der Waals surface area contributed by atoms with Crippen LogP contribution in [-0.2, 0) is 10.3 Å². The van der Waals surface area contributed by atoms with Gasteiger partial charge in [-0.25, -0.2) is 4.98 Å². The molecule has 1 aromatic rings. The molecule has 1 heterocycles. The molecular formula is C19H31N3OS. The number of rotatable bonds is 4. The number of nitrogens with one attached hydrogen (secondary N) is 1. The van der Waals surface area contributed by atoms with Gasteiger partial charge in [-0.3, -0.25) is 4.79 Å². The van der Waals surface area contributed by atoms with Crippen LogP contribution in [0.4, 0.5) is 0 Å². The number of hydrogen-bond donors (Lipinski definition) is 1. The molecule has 0 spiro atoms. The first-order chi connectivity index (χ1) is 11.1. The van der Waals surface area contributed by atoms with Gasteiger partial charge in [0, 0.05) is 24.0 Å². The first-order valence-corrected chi connectivity index (χ1v) is 10.0. The van der Waals surface area contributed by atoms with E-state index in [-0.39, 0.29) is 16.9 Å². The number of thioether (sulfide) groups is 1. The lowest BCUT2D eigenvalue weighted by Crippen LogP contribution is -2.47. The van der Waals surface area contributed by atoms with Crippen molar-refractivity contribution in [2.45, 2.75) is 77.5 Å². The van der Waals surface area contributed by atoms with E-state index in [4.69, 9.17) is 0 Å². The van der Waals surface area contributed by atoms with E-state index < -0.39 is 0 Å². The predicted octanol–water partition coefficient (Wildman–Crippen LogP) is 4.06. The topological polar surface area (TPSA) is 46.9 Å². The first kappa shape index (κ1) is 17.8. The van der Waals surface area contributed by atoms with Crippen molar-refractivity contribution in [3.05, 3.63) is 12.4 Å². The van der Waals surface area contributed by atoms with E-state index >= 15 is 0 Å². The molecule has 0 aromatic carbocycles. The van der Waals surface area contributed by atoms with E-state index in [1.165, 1.54) is 24.6 Å². The SMILES string of the molecule is CC(C)(C)n1ccnc1SCC(=O)NC1CC2CCC1(C)C2(C)C. The normalized spacial score (nSPS) is 31.4. The summed E-state index contributed by atoms with van der Waals surface area (Å²) < 4.78 is 2.13. The van der Waals surface area contributed by atoms with Crippen molar-refractivity contribution in [1.82, 2.24) is 14.9 Å². The summed E-state index contributed by atoms with van der Waals surface area (Å²) in [6.45, 7) is 13.6. The molecule has 3 atom stereocenters. The summed E-state index contributed by atoms with van der Waals surface area (Å²) in [6.07, 6.45) is 7.48. The molecule has 134 valence electrons. The minimum Gasteiger partial charge on any atom is -0.352 e. The Morgan fingerprint density at radius 3 is 2.67 bits per heavy atom. The number of fused-ring (bicyclic) bond motifs is 2. The summed E-state index contributed by atoms with van der Waals surface area (Å²) >= 11 is 1.53. The quantitative estimate of drug-likeness (QED) is 0.834. The molecule has 2 fully saturated rings. The lowest BCUT2D eigenvalue weighted by atomic mass is 9.69. The molecule has 1 N–H and O–H groups in total. The second-order valence-electron chi connectivity index (χ2n) is 9.27. The molecule has 2 bridgehead atoms. The lowest BCUT2D eigenvalue weighted by molar-refractivity contribution is -0.120. The Morgan fingerprint density at radius 2 is 2.12 bits per heavy atom. The number of aromatic nitrogens is 2. The van der Waals surface area contributed by atoms with Gasteiger partial charge >= 0.3 is 0 Å². The Kier molecular flexibility index (Phi) is 4.30. The van der Waals surface area contributed by atoms with Crippen molar-refractivity contribution >= 4 is 17.7 Å². The fourth-order valence-corrected chi connectivity index (χ4v) is 5.65. The molecule has 3 rings (SSSR count). The van der Waals surface area contributed by atoms with Crippen molar-refractivity contribution < 1.29 is 4.79 Å². The Balaban J connectivity index is 1.59. The van der Waals surface area contributed by atoms with Crippen molar-refractivity contribution in [3.63, 3.8) is 0 Å². The minimum absolute atomic E-state index is 0.0165. The summed E-state index contributed by atoms with van der Waals surface area (Å²) in [5.74, 6) is 1.32. The van der Waals surface area contributed by atoms with Crippen molar-refractivity contribution in [1.29, 1.82) is 0 Å². The monoisotopic (exact) mass is 349 g/mol. The third-order valence-corrected chi connectivity index (χ3v) is 7.76. The second kappa shape index (κ2) is 5.79. The van der Waals surface area contributed by atoms with Crippen LogP contribution in [0.5, 0.6) is 0 Å². The van der Waals surface area contributed by atoms with E-state index in [9.17, 15) is 4.79 Å². The number of carbonyl (C=O) groups excluding carboxylic acids is 1. The average molecular weight is 350 g/mol. The molecular weight excluding hydrogens is 318 g/mol. The molecule has 4 nitrogen and oxygen atoms in total. The zero-order chi connectivity index (χ0) is 17.8.